The van der Waals surface area contributed by atoms with Crippen LogP contribution in [0.1, 0.15) is 16.7 Å². The van der Waals surface area contributed by atoms with Gasteiger partial charge in [0.2, 0.25) is 16.0 Å². The fraction of sp³-hybridized carbons (Fsp3) is 0.233. The van der Waals surface area contributed by atoms with Crippen molar-refractivity contribution in [2.24, 2.45) is 0 Å². The van der Waals surface area contributed by atoms with E-state index in [0.717, 1.165) is 16.8 Å². The number of rotatable bonds is 8. The molecule has 3 aromatic carbocycles. The fourth-order valence-corrected chi connectivity index (χ4v) is 6.42. The van der Waals surface area contributed by atoms with Crippen LogP contribution in [-0.2, 0) is 23.1 Å². The molecule has 1 aliphatic rings. The minimum atomic E-state index is -3.62. The van der Waals surface area contributed by atoms with E-state index in [1.54, 1.807) is 30.6 Å². The average molecular weight is 588 g/mol. The summed E-state index contributed by atoms with van der Waals surface area (Å²) in [5, 5.41) is 3.97. The molecule has 210 valence electrons. The zero-order chi connectivity index (χ0) is 28.4. The molecule has 1 N–H and O–H groups in total. The van der Waals surface area contributed by atoms with Gasteiger partial charge in [0.1, 0.15) is 0 Å². The highest BCUT2D eigenvalue weighted by atomic mass is 35.5. The van der Waals surface area contributed by atoms with Gasteiger partial charge in [0, 0.05) is 37.7 Å². The monoisotopic (exact) mass is 587 g/mol. The molecule has 0 unspecified atom stereocenters. The largest absolute Gasteiger partial charge is 0.364 e. The number of imidazole rings is 1. The molecule has 0 aliphatic carbocycles. The normalized spacial score (nSPS) is 14.4. The van der Waals surface area contributed by atoms with E-state index in [9.17, 15) is 8.42 Å². The first-order valence-electron chi connectivity index (χ1n) is 13.4. The van der Waals surface area contributed by atoms with E-state index < -0.39 is 10.0 Å². The average Bonchev–Trinajstić information content (AvgIpc) is 3.40. The second-order valence-electron chi connectivity index (χ2n) is 10.1. The minimum absolute atomic E-state index is 0.237. The molecule has 41 heavy (non-hydrogen) atoms. The van der Waals surface area contributed by atoms with Gasteiger partial charge in [0.15, 0.2) is 17.0 Å². The lowest BCUT2D eigenvalue weighted by molar-refractivity contribution is 0.382. The number of hydrogen-bond acceptors (Lipinski definition) is 7. The SMILES string of the molecule is Cc1ccc(CNc2nc(N3CCN(S(=O)(=O)c4ccc(Cl)cc4)CC3)nc3c2ncn3Cc2ccccc2)cc1. The highest BCUT2D eigenvalue weighted by Gasteiger charge is 2.30. The number of nitrogens with one attached hydrogen (secondary N) is 1. The van der Waals surface area contributed by atoms with Crippen molar-refractivity contribution in [2.45, 2.75) is 24.9 Å². The van der Waals surface area contributed by atoms with Crippen molar-refractivity contribution in [1.82, 2.24) is 23.8 Å². The highest BCUT2D eigenvalue weighted by Crippen LogP contribution is 2.26. The molecule has 6 rings (SSSR count). The first-order valence-corrected chi connectivity index (χ1v) is 15.3. The van der Waals surface area contributed by atoms with E-state index in [0.29, 0.717) is 61.6 Å². The van der Waals surface area contributed by atoms with Gasteiger partial charge >= 0.3 is 0 Å². The molecule has 11 heteroatoms. The number of nitrogens with zero attached hydrogens (tertiary/aromatic N) is 6. The maximum Gasteiger partial charge on any atom is 0.243 e. The Morgan fingerprint density at radius 3 is 2.27 bits per heavy atom. The molecule has 0 saturated carbocycles. The quantitative estimate of drug-likeness (QED) is 0.274. The summed E-state index contributed by atoms with van der Waals surface area (Å²) >= 11 is 5.96. The summed E-state index contributed by atoms with van der Waals surface area (Å²) < 4.78 is 29.9. The molecular formula is C30H30ClN7O2S. The van der Waals surface area contributed by atoms with Gasteiger partial charge in [-0.2, -0.15) is 14.3 Å². The third-order valence-corrected chi connectivity index (χ3v) is 9.37. The van der Waals surface area contributed by atoms with E-state index in [4.69, 9.17) is 21.6 Å². The lowest BCUT2D eigenvalue weighted by Gasteiger charge is -2.34. The Morgan fingerprint density at radius 1 is 0.854 bits per heavy atom. The number of aromatic nitrogens is 4. The third kappa shape index (κ3) is 5.90. The number of halogens is 1. The van der Waals surface area contributed by atoms with E-state index >= 15 is 0 Å². The molecule has 1 saturated heterocycles. The number of hydrogen-bond donors (Lipinski definition) is 1. The van der Waals surface area contributed by atoms with Crippen molar-refractivity contribution >= 4 is 44.6 Å². The van der Waals surface area contributed by atoms with Crippen LogP contribution in [0.3, 0.4) is 0 Å². The van der Waals surface area contributed by atoms with Crippen LogP contribution in [0.2, 0.25) is 5.02 Å². The van der Waals surface area contributed by atoms with Gasteiger partial charge in [-0.25, -0.2) is 13.4 Å². The molecule has 1 fully saturated rings. The van der Waals surface area contributed by atoms with Crippen LogP contribution in [0.25, 0.3) is 11.2 Å². The second-order valence-corrected chi connectivity index (χ2v) is 12.5. The topological polar surface area (TPSA) is 96.2 Å². The first-order chi connectivity index (χ1) is 19.9. The Kier molecular flexibility index (Phi) is 7.61. The fourth-order valence-electron chi connectivity index (χ4n) is 4.87. The molecule has 5 aromatic rings. The lowest BCUT2D eigenvalue weighted by atomic mass is 10.1. The number of benzene rings is 3. The first kappa shape index (κ1) is 27.2. The van der Waals surface area contributed by atoms with Gasteiger partial charge in [-0.15, -0.1) is 0 Å². The van der Waals surface area contributed by atoms with Gasteiger partial charge < -0.3 is 14.8 Å². The molecule has 3 heterocycles. The Hall–Kier alpha value is -3.99. The van der Waals surface area contributed by atoms with Crippen molar-refractivity contribution in [2.75, 3.05) is 36.4 Å². The molecule has 9 nitrogen and oxygen atoms in total. The predicted molar refractivity (Wildman–Crippen MR) is 162 cm³/mol. The van der Waals surface area contributed by atoms with Crippen LogP contribution in [0.5, 0.6) is 0 Å². The number of anilines is 2. The summed E-state index contributed by atoms with van der Waals surface area (Å²) in [6, 6.07) is 24.8. The number of fused-ring (bicyclic) bond motifs is 1. The van der Waals surface area contributed by atoms with Crippen LogP contribution in [0.15, 0.2) is 90.1 Å². The maximum absolute atomic E-state index is 13.2. The molecule has 0 atom stereocenters. The third-order valence-electron chi connectivity index (χ3n) is 7.20. The van der Waals surface area contributed by atoms with Gasteiger partial charge in [-0.1, -0.05) is 71.8 Å². The molecule has 0 amide bonds. The van der Waals surface area contributed by atoms with Gasteiger partial charge in [0.25, 0.3) is 0 Å². The lowest BCUT2D eigenvalue weighted by Crippen LogP contribution is -2.49. The molecular weight excluding hydrogens is 558 g/mol. The summed E-state index contributed by atoms with van der Waals surface area (Å²) in [5.41, 5.74) is 4.90. The summed E-state index contributed by atoms with van der Waals surface area (Å²) in [5.74, 6) is 1.19. The summed E-state index contributed by atoms with van der Waals surface area (Å²) in [6.45, 7) is 4.84. The van der Waals surface area contributed by atoms with E-state index in [-0.39, 0.29) is 4.90 Å². The smallest absolute Gasteiger partial charge is 0.243 e. The van der Waals surface area contributed by atoms with Crippen LogP contribution < -0.4 is 10.2 Å². The van der Waals surface area contributed by atoms with Crippen LogP contribution in [0, 0.1) is 6.92 Å². The Morgan fingerprint density at radius 2 is 1.56 bits per heavy atom. The van der Waals surface area contributed by atoms with Crippen LogP contribution in [0.4, 0.5) is 11.8 Å². The number of aryl methyl sites for hydroxylation is 1. The molecule has 1 aliphatic heterocycles. The van der Waals surface area contributed by atoms with Crippen LogP contribution in [-0.4, -0.2) is 58.4 Å². The van der Waals surface area contributed by atoms with Crippen molar-refractivity contribution in [3.8, 4) is 0 Å². The maximum atomic E-state index is 13.2. The minimum Gasteiger partial charge on any atom is -0.364 e. The Balaban J connectivity index is 1.27. The van der Waals surface area contributed by atoms with E-state index in [2.05, 4.69) is 53.6 Å². The molecule has 0 spiro atoms. The van der Waals surface area contributed by atoms with E-state index in [1.807, 2.05) is 27.7 Å². The summed E-state index contributed by atoms with van der Waals surface area (Å²) in [6.07, 6.45) is 1.80. The zero-order valence-electron chi connectivity index (χ0n) is 22.6. The van der Waals surface area contributed by atoms with Gasteiger partial charge in [0.05, 0.1) is 17.8 Å². The number of piperazine rings is 1. The Bertz CT molecular complexity index is 1750. The second kappa shape index (κ2) is 11.5. The molecule has 0 radical (unpaired) electrons. The standard InChI is InChI=1S/C30H30ClN7O2S/c1-22-7-9-23(10-8-22)19-32-28-27-29(37(21-33-27)20-24-5-3-2-4-6-24)35-30(34-28)36-15-17-38(18-16-36)41(39,40)26-13-11-25(31)12-14-26/h2-14,21H,15-20H2,1H3,(H,32,34,35). The highest BCUT2D eigenvalue weighted by molar-refractivity contribution is 7.89. The van der Waals surface area contributed by atoms with Crippen molar-refractivity contribution in [3.05, 3.63) is 107 Å². The van der Waals surface area contributed by atoms with Gasteiger partial charge in [-0.05, 0) is 42.3 Å². The molecule has 2 aromatic heterocycles. The van der Waals surface area contributed by atoms with Crippen molar-refractivity contribution in [3.63, 3.8) is 0 Å². The van der Waals surface area contributed by atoms with Crippen molar-refractivity contribution in [1.29, 1.82) is 0 Å². The summed E-state index contributed by atoms with van der Waals surface area (Å²) in [4.78, 5) is 16.7. The van der Waals surface area contributed by atoms with Crippen LogP contribution >= 0.6 is 11.6 Å². The van der Waals surface area contributed by atoms with Gasteiger partial charge in [-0.3, -0.25) is 0 Å². The Labute approximate surface area is 244 Å². The van der Waals surface area contributed by atoms with Crippen molar-refractivity contribution < 1.29 is 8.42 Å². The number of sulfonamides is 1. The summed E-state index contributed by atoms with van der Waals surface area (Å²) in [7, 11) is -3.62. The zero-order valence-corrected chi connectivity index (χ0v) is 24.2. The predicted octanol–water partition coefficient (Wildman–Crippen LogP) is 4.96. The van der Waals surface area contributed by atoms with E-state index in [1.165, 1.54) is 9.87 Å². The molecule has 0 bridgehead atoms.